The lowest BCUT2D eigenvalue weighted by atomic mass is 9.87. The highest BCUT2D eigenvalue weighted by Gasteiger charge is 2.15. The van der Waals surface area contributed by atoms with Gasteiger partial charge in [-0.25, -0.2) is 0 Å². The summed E-state index contributed by atoms with van der Waals surface area (Å²) in [4.78, 5) is 12.2. The van der Waals surface area contributed by atoms with Crippen molar-refractivity contribution in [2.45, 2.75) is 45.6 Å². The zero-order valence-electron chi connectivity index (χ0n) is 18.9. The van der Waals surface area contributed by atoms with Crippen molar-refractivity contribution in [2.24, 2.45) is 0 Å². The molecular weight excluding hydrogens is 466 g/mol. The highest BCUT2D eigenvalue weighted by atomic mass is 79.9. The Balaban J connectivity index is 1.38. The molecule has 0 saturated heterocycles. The van der Waals surface area contributed by atoms with Gasteiger partial charge in [-0.05, 0) is 75.3 Å². The lowest BCUT2D eigenvalue weighted by Gasteiger charge is -2.20. The third-order valence-electron chi connectivity index (χ3n) is 4.99. The van der Waals surface area contributed by atoms with Crippen molar-refractivity contribution < 1.29 is 14.3 Å². The van der Waals surface area contributed by atoms with Gasteiger partial charge in [-0.2, -0.15) is 0 Å². The zero-order chi connectivity index (χ0) is 23.0. The molecule has 5 heteroatoms. The highest BCUT2D eigenvalue weighted by Crippen LogP contribution is 2.31. The van der Waals surface area contributed by atoms with Crippen molar-refractivity contribution >= 4 is 27.5 Å². The molecule has 0 atom stereocenters. The summed E-state index contributed by atoms with van der Waals surface area (Å²) in [7, 11) is 0. The predicted octanol–water partition coefficient (Wildman–Crippen LogP) is 7.12. The van der Waals surface area contributed by atoms with Crippen LogP contribution in [0, 0.1) is 0 Å². The van der Waals surface area contributed by atoms with Gasteiger partial charge in [0.1, 0.15) is 18.1 Å². The number of nitrogens with one attached hydrogen (secondary N) is 1. The summed E-state index contributed by atoms with van der Waals surface area (Å²) >= 11 is 3.58. The molecule has 3 rings (SSSR count). The van der Waals surface area contributed by atoms with Gasteiger partial charge in [0.05, 0.1) is 11.1 Å². The fourth-order valence-electron chi connectivity index (χ4n) is 3.10. The van der Waals surface area contributed by atoms with Crippen LogP contribution in [0.3, 0.4) is 0 Å². The minimum atomic E-state index is -0.0336. The van der Waals surface area contributed by atoms with Crippen molar-refractivity contribution in [1.29, 1.82) is 0 Å². The van der Waals surface area contributed by atoms with Gasteiger partial charge in [-0.3, -0.25) is 4.79 Å². The molecule has 0 spiro atoms. The summed E-state index contributed by atoms with van der Waals surface area (Å²) in [6, 6.07) is 23.6. The van der Waals surface area contributed by atoms with Crippen LogP contribution in [0.4, 0.5) is 5.69 Å². The summed E-state index contributed by atoms with van der Waals surface area (Å²) in [6.07, 6.45) is 1.03. The number of hydrogen-bond donors (Lipinski definition) is 1. The first-order chi connectivity index (χ1) is 15.3. The van der Waals surface area contributed by atoms with Gasteiger partial charge in [0.2, 0.25) is 5.91 Å². The number of anilines is 1. The van der Waals surface area contributed by atoms with Crippen molar-refractivity contribution in [1.82, 2.24) is 0 Å². The minimum Gasteiger partial charge on any atom is -0.492 e. The summed E-state index contributed by atoms with van der Waals surface area (Å²) in [5.74, 6) is 1.53. The van der Waals surface area contributed by atoms with Crippen LogP contribution in [0.15, 0.2) is 77.3 Å². The Bertz CT molecular complexity index is 1010. The molecule has 0 fully saturated rings. The normalized spacial score (nSPS) is 11.1. The van der Waals surface area contributed by atoms with Crippen LogP contribution in [0.2, 0.25) is 0 Å². The molecule has 0 bridgehead atoms. The maximum absolute atomic E-state index is 12.2. The molecule has 0 radical (unpaired) electrons. The van der Waals surface area contributed by atoms with Gasteiger partial charge >= 0.3 is 0 Å². The Labute approximate surface area is 199 Å². The molecule has 0 heterocycles. The van der Waals surface area contributed by atoms with Crippen LogP contribution in [-0.2, 0) is 16.8 Å². The van der Waals surface area contributed by atoms with Gasteiger partial charge in [0.15, 0.2) is 0 Å². The van der Waals surface area contributed by atoms with Gasteiger partial charge in [0.25, 0.3) is 0 Å². The quantitative estimate of drug-likeness (QED) is 0.321. The van der Waals surface area contributed by atoms with E-state index in [-0.39, 0.29) is 11.3 Å². The van der Waals surface area contributed by atoms with Crippen LogP contribution in [0.1, 0.15) is 44.7 Å². The van der Waals surface area contributed by atoms with E-state index in [9.17, 15) is 4.79 Å². The van der Waals surface area contributed by atoms with Crippen LogP contribution in [-0.4, -0.2) is 12.5 Å². The van der Waals surface area contributed by atoms with Gasteiger partial charge < -0.3 is 14.8 Å². The fourth-order valence-corrected chi connectivity index (χ4v) is 3.59. The summed E-state index contributed by atoms with van der Waals surface area (Å²) in [5.41, 5.74) is 3.20. The molecule has 0 unspecified atom stereocenters. The van der Waals surface area contributed by atoms with Gasteiger partial charge in [0, 0.05) is 12.1 Å². The fraction of sp³-hybridized carbons (Fsp3) is 0.296. The topological polar surface area (TPSA) is 47.6 Å². The van der Waals surface area contributed by atoms with E-state index in [2.05, 4.69) is 54.2 Å². The average molecular weight is 496 g/mol. The van der Waals surface area contributed by atoms with E-state index >= 15 is 0 Å². The Morgan fingerprint density at radius 3 is 2.31 bits per heavy atom. The van der Waals surface area contributed by atoms with E-state index in [1.54, 1.807) is 0 Å². The Hall–Kier alpha value is -2.79. The molecule has 32 heavy (non-hydrogen) atoms. The van der Waals surface area contributed by atoms with Crippen LogP contribution < -0.4 is 14.8 Å². The third-order valence-corrected chi connectivity index (χ3v) is 5.61. The summed E-state index contributed by atoms with van der Waals surface area (Å²) in [5, 5.41) is 2.92. The number of ether oxygens (including phenoxy) is 2. The Kier molecular flexibility index (Phi) is 8.34. The Morgan fingerprint density at radius 2 is 1.66 bits per heavy atom. The molecule has 3 aromatic carbocycles. The minimum absolute atomic E-state index is 0.0336. The number of amides is 1. The molecule has 0 aromatic heterocycles. The van der Waals surface area contributed by atoms with Crippen LogP contribution in [0.25, 0.3) is 0 Å². The van der Waals surface area contributed by atoms with E-state index in [4.69, 9.17) is 9.47 Å². The van der Waals surface area contributed by atoms with Crippen molar-refractivity contribution in [3.05, 3.63) is 88.4 Å². The zero-order valence-corrected chi connectivity index (χ0v) is 20.4. The van der Waals surface area contributed by atoms with E-state index in [1.165, 1.54) is 5.56 Å². The van der Waals surface area contributed by atoms with Crippen molar-refractivity contribution in [2.75, 3.05) is 11.9 Å². The lowest BCUT2D eigenvalue weighted by Crippen LogP contribution is -2.13. The van der Waals surface area contributed by atoms with E-state index in [0.29, 0.717) is 26.1 Å². The smallest absolute Gasteiger partial charge is 0.224 e. The van der Waals surface area contributed by atoms with E-state index in [0.717, 1.165) is 27.2 Å². The number of rotatable bonds is 9. The maximum Gasteiger partial charge on any atom is 0.224 e. The van der Waals surface area contributed by atoms with E-state index in [1.807, 2.05) is 60.7 Å². The van der Waals surface area contributed by atoms with Gasteiger partial charge in [-0.1, -0.05) is 57.2 Å². The first kappa shape index (κ1) is 23.9. The first-order valence-electron chi connectivity index (χ1n) is 10.8. The highest BCUT2D eigenvalue weighted by molar-refractivity contribution is 9.10. The standard InChI is InChI=1S/C27H30BrNO3/c1-27(2,3)21-11-16-25(24(28)18-21)31-17-7-10-26(30)29-22-12-14-23(15-13-22)32-19-20-8-5-4-6-9-20/h4-6,8-9,11-16,18H,7,10,17,19H2,1-3H3,(H,29,30). The van der Waals surface area contributed by atoms with Gasteiger partial charge in [-0.15, -0.1) is 0 Å². The molecular formula is C27H30BrNO3. The average Bonchev–Trinajstić information content (AvgIpc) is 2.77. The predicted molar refractivity (Wildman–Crippen MR) is 133 cm³/mol. The maximum atomic E-state index is 12.2. The van der Waals surface area contributed by atoms with E-state index < -0.39 is 0 Å². The molecule has 1 N–H and O–H groups in total. The molecule has 4 nitrogen and oxygen atoms in total. The lowest BCUT2D eigenvalue weighted by molar-refractivity contribution is -0.116. The number of halogens is 1. The molecule has 0 aliphatic rings. The first-order valence-corrected chi connectivity index (χ1v) is 11.6. The second kappa shape index (κ2) is 11.2. The molecule has 0 saturated carbocycles. The number of carbonyl (C=O) groups is 1. The number of hydrogen-bond acceptors (Lipinski definition) is 3. The third kappa shape index (κ3) is 7.41. The molecule has 1 amide bonds. The van der Waals surface area contributed by atoms with Crippen molar-refractivity contribution in [3.63, 3.8) is 0 Å². The second-order valence-corrected chi connectivity index (χ2v) is 9.55. The van der Waals surface area contributed by atoms with Crippen LogP contribution in [0.5, 0.6) is 11.5 Å². The largest absolute Gasteiger partial charge is 0.492 e. The summed E-state index contributed by atoms with van der Waals surface area (Å²) in [6.45, 7) is 7.53. The van der Waals surface area contributed by atoms with Crippen molar-refractivity contribution in [3.8, 4) is 11.5 Å². The number of benzene rings is 3. The Morgan fingerprint density at radius 1 is 0.938 bits per heavy atom. The number of carbonyl (C=O) groups excluding carboxylic acids is 1. The monoisotopic (exact) mass is 495 g/mol. The molecule has 0 aliphatic carbocycles. The SMILES string of the molecule is CC(C)(C)c1ccc(OCCCC(=O)Nc2ccc(OCc3ccccc3)cc2)c(Br)c1. The molecule has 3 aromatic rings. The summed E-state index contributed by atoms with van der Waals surface area (Å²) < 4.78 is 12.6. The second-order valence-electron chi connectivity index (χ2n) is 8.69. The molecule has 0 aliphatic heterocycles. The molecule has 168 valence electrons. The van der Waals surface area contributed by atoms with Crippen LogP contribution >= 0.6 is 15.9 Å².